The maximum atomic E-state index is 12.1. The predicted octanol–water partition coefficient (Wildman–Crippen LogP) is 1.46. The van der Waals surface area contributed by atoms with Crippen LogP contribution in [-0.4, -0.2) is 35.7 Å². The van der Waals surface area contributed by atoms with Gasteiger partial charge in [-0.1, -0.05) is 18.2 Å². The lowest BCUT2D eigenvalue weighted by Gasteiger charge is -2.22. The Balaban J connectivity index is 2.06. The smallest absolute Gasteiger partial charge is 0.354 e. The number of para-hydroxylation sites is 1. The Kier molecular flexibility index (Phi) is 5.74. The fourth-order valence-corrected chi connectivity index (χ4v) is 2.19. The number of esters is 1. The third-order valence-corrected chi connectivity index (χ3v) is 3.50. The lowest BCUT2D eigenvalue weighted by atomic mass is 10.0. The Morgan fingerprint density at radius 2 is 2.04 bits per heavy atom. The summed E-state index contributed by atoms with van der Waals surface area (Å²) in [5.41, 5.74) is 0.438. The minimum Gasteiger partial charge on any atom is -0.453 e. The highest BCUT2D eigenvalue weighted by molar-refractivity contribution is 6.38. The van der Waals surface area contributed by atoms with E-state index in [9.17, 15) is 14.4 Å². The average Bonchev–Trinajstić information content (AvgIpc) is 2.61. The van der Waals surface area contributed by atoms with Gasteiger partial charge in [0.25, 0.3) is 0 Å². The zero-order valence-corrected chi connectivity index (χ0v) is 13.6. The number of anilines is 1. The fraction of sp³-hybridized carbons (Fsp3) is 0.294. The molecule has 1 atom stereocenters. The van der Waals surface area contributed by atoms with E-state index in [2.05, 4.69) is 5.10 Å². The number of nitrogens with one attached hydrogen (secondary N) is 1. The molecule has 1 aromatic rings. The van der Waals surface area contributed by atoms with Crippen LogP contribution in [0.4, 0.5) is 5.69 Å². The van der Waals surface area contributed by atoms with Crippen molar-refractivity contribution in [2.24, 2.45) is 11.0 Å². The van der Waals surface area contributed by atoms with Crippen molar-refractivity contribution in [2.45, 2.75) is 19.8 Å². The second-order valence-corrected chi connectivity index (χ2v) is 5.38. The van der Waals surface area contributed by atoms with E-state index >= 15 is 0 Å². The molecule has 128 valence electrons. The summed E-state index contributed by atoms with van der Waals surface area (Å²) in [4.78, 5) is 35.9. The number of benzene rings is 1. The fourth-order valence-electron chi connectivity index (χ4n) is 2.19. The zero-order chi connectivity index (χ0) is 18.4. The summed E-state index contributed by atoms with van der Waals surface area (Å²) in [6, 6.07) is 10.3. The number of hydrogen-bond donors (Lipinski definition) is 1. The van der Waals surface area contributed by atoms with Gasteiger partial charge in [0, 0.05) is 18.6 Å². The van der Waals surface area contributed by atoms with E-state index in [0.29, 0.717) is 5.69 Å². The topological polar surface area (TPSA) is 124 Å². The Labute approximate surface area is 144 Å². The largest absolute Gasteiger partial charge is 0.453 e. The summed E-state index contributed by atoms with van der Waals surface area (Å²) in [5.74, 6) is -2.97. The van der Waals surface area contributed by atoms with Gasteiger partial charge < -0.3 is 10.1 Å². The Bertz CT molecular complexity index is 780. The first-order valence-corrected chi connectivity index (χ1v) is 7.54. The molecule has 2 rings (SSSR count). The van der Waals surface area contributed by atoms with Crippen molar-refractivity contribution in [2.75, 3.05) is 11.6 Å². The summed E-state index contributed by atoms with van der Waals surface area (Å²) in [7, 11) is 0. The molecule has 0 bridgehead atoms. The Morgan fingerprint density at radius 1 is 1.36 bits per heavy atom. The van der Waals surface area contributed by atoms with Gasteiger partial charge in [0.05, 0.1) is 11.8 Å². The molecular weight excluding hydrogens is 324 g/mol. The normalized spacial score (nSPS) is 15.0. The summed E-state index contributed by atoms with van der Waals surface area (Å²) in [6.07, 6.45) is 0.206. The highest BCUT2D eigenvalue weighted by Gasteiger charge is 2.28. The van der Waals surface area contributed by atoms with Gasteiger partial charge in [-0.25, -0.2) is 9.80 Å². The molecule has 0 spiro atoms. The predicted molar refractivity (Wildman–Crippen MR) is 89.1 cm³/mol. The van der Waals surface area contributed by atoms with Crippen molar-refractivity contribution in [1.82, 2.24) is 0 Å². The van der Waals surface area contributed by atoms with E-state index in [0.717, 1.165) is 5.01 Å². The second-order valence-electron chi connectivity index (χ2n) is 5.38. The number of nitrogens with zero attached hydrogens (tertiary/aromatic N) is 3. The summed E-state index contributed by atoms with van der Waals surface area (Å²) < 4.78 is 4.89. The van der Waals surface area contributed by atoms with Crippen LogP contribution >= 0.6 is 0 Å². The number of hydrazone groups is 1. The molecule has 1 amide bonds. The number of carbonyl (C=O) groups is 3. The van der Waals surface area contributed by atoms with Crippen molar-refractivity contribution in [3.8, 4) is 6.07 Å². The molecule has 1 aliphatic heterocycles. The summed E-state index contributed by atoms with van der Waals surface area (Å²) >= 11 is 0. The van der Waals surface area contributed by atoms with Gasteiger partial charge in [-0.2, -0.15) is 10.4 Å². The van der Waals surface area contributed by atoms with Crippen LogP contribution in [0.2, 0.25) is 0 Å². The molecule has 1 N–H and O–H groups in total. The molecular formula is C17H16N4O4. The highest BCUT2D eigenvalue weighted by atomic mass is 16.5. The molecule has 8 heteroatoms. The molecule has 1 aromatic carbocycles. The number of Topliss-reactive ketones (excluding diaryl/α,β-unsaturated/α-hetero) is 1. The van der Waals surface area contributed by atoms with Crippen LogP contribution in [0, 0.1) is 22.7 Å². The summed E-state index contributed by atoms with van der Waals surface area (Å²) in [5, 5.41) is 21.4. The average molecular weight is 340 g/mol. The van der Waals surface area contributed by atoms with Crippen LogP contribution in [0.15, 0.2) is 35.4 Å². The molecule has 1 aliphatic rings. The van der Waals surface area contributed by atoms with Gasteiger partial charge in [0.1, 0.15) is 11.6 Å². The molecule has 0 aromatic heterocycles. The first kappa shape index (κ1) is 18.0. The maximum Gasteiger partial charge on any atom is 0.354 e. The molecule has 0 saturated heterocycles. The lowest BCUT2D eigenvalue weighted by molar-refractivity contribution is -0.141. The van der Waals surface area contributed by atoms with E-state index in [4.69, 9.17) is 15.4 Å². The Hall–Kier alpha value is -3.34. The van der Waals surface area contributed by atoms with Crippen LogP contribution in [0.1, 0.15) is 19.8 Å². The van der Waals surface area contributed by atoms with Crippen LogP contribution in [0.5, 0.6) is 0 Å². The number of hydrogen-bond acceptors (Lipinski definition) is 7. The van der Waals surface area contributed by atoms with E-state index in [1.807, 2.05) is 0 Å². The Morgan fingerprint density at radius 3 is 2.64 bits per heavy atom. The van der Waals surface area contributed by atoms with Gasteiger partial charge in [0.2, 0.25) is 5.91 Å². The molecule has 1 unspecified atom stereocenters. The van der Waals surface area contributed by atoms with Crippen molar-refractivity contribution >= 4 is 34.8 Å². The number of ketones is 1. The molecule has 1 heterocycles. The van der Waals surface area contributed by atoms with Gasteiger partial charge in [-0.15, -0.1) is 0 Å². The van der Waals surface area contributed by atoms with E-state index < -0.39 is 24.3 Å². The van der Waals surface area contributed by atoms with Gasteiger partial charge >= 0.3 is 5.97 Å². The SMILES string of the molecule is CC(=N)C(C#N)C(=O)COC(=O)C1=NN(c2ccccc2)C(=O)CC1. The third-order valence-electron chi connectivity index (χ3n) is 3.50. The highest BCUT2D eigenvalue weighted by Crippen LogP contribution is 2.20. The number of nitriles is 1. The van der Waals surface area contributed by atoms with Gasteiger partial charge in [-0.05, 0) is 19.1 Å². The first-order valence-electron chi connectivity index (χ1n) is 7.54. The van der Waals surface area contributed by atoms with Crippen LogP contribution in [0.3, 0.4) is 0 Å². The number of carbonyl (C=O) groups excluding carboxylic acids is 3. The quantitative estimate of drug-likeness (QED) is 0.620. The zero-order valence-electron chi connectivity index (χ0n) is 13.6. The molecule has 25 heavy (non-hydrogen) atoms. The van der Waals surface area contributed by atoms with Crippen molar-refractivity contribution < 1.29 is 19.1 Å². The van der Waals surface area contributed by atoms with Crippen molar-refractivity contribution in [1.29, 1.82) is 10.7 Å². The van der Waals surface area contributed by atoms with Crippen LogP contribution in [0.25, 0.3) is 0 Å². The maximum absolute atomic E-state index is 12.1. The molecule has 0 fully saturated rings. The van der Waals surface area contributed by atoms with Crippen molar-refractivity contribution in [3.05, 3.63) is 30.3 Å². The number of ether oxygens (including phenoxy) is 1. The van der Waals surface area contributed by atoms with Crippen molar-refractivity contribution in [3.63, 3.8) is 0 Å². The van der Waals surface area contributed by atoms with Gasteiger partial charge in [-0.3, -0.25) is 9.59 Å². The second kappa shape index (κ2) is 7.97. The molecule has 0 radical (unpaired) electrons. The lowest BCUT2D eigenvalue weighted by Crippen LogP contribution is -2.36. The molecule has 0 aliphatic carbocycles. The van der Waals surface area contributed by atoms with E-state index in [-0.39, 0.29) is 30.2 Å². The summed E-state index contributed by atoms with van der Waals surface area (Å²) in [6.45, 7) is 0.716. The number of amides is 1. The third kappa shape index (κ3) is 4.35. The first-order chi connectivity index (χ1) is 11.9. The number of rotatable bonds is 6. The minimum absolute atomic E-state index is 0.0244. The minimum atomic E-state index is -1.23. The van der Waals surface area contributed by atoms with Crippen LogP contribution in [-0.2, 0) is 19.1 Å². The van der Waals surface area contributed by atoms with E-state index in [1.54, 1.807) is 36.4 Å². The standard InChI is InChI=1S/C17H16N4O4/c1-11(19)13(9-18)15(22)10-25-17(24)14-7-8-16(23)21(20-14)12-5-3-2-4-6-12/h2-6,13,19H,7-8,10H2,1H3. The monoisotopic (exact) mass is 340 g/mol. The van der Waals surface area contributed by atoms with Crippen LogP contribution < -0.4 is 5.01 Å². The molecule has 8 nitrogen and oxygen atoms in total. The molecule has 0 saturated carbocycles. The van der Waals surface area contributed by atoms with E-state index in [1.165, 1.54) is 6.92 Å². The van der Waals surface area contributed by atoms with Gasteiger partial charge in [0.15, 0.2) is 12.4 Å².